The summed E-state index contributed by atoms with van der Waals surface area (Å²) >= 11 is 0. The first-order valence-corrected chi connectivity index (χ1v) is 9.05. The Morgan fingerprint density at radius 1 is 0.917 bits per heavy atom. The Labute approximate surface area is 150 Å². The molecular formula is C20H42N2O2. The number of carbonyl (C=O) groups excluding carboxylic acids is 1. The molecule has 0 saturated heterocycles. The highest BCUT2D eigenvalue weighted by atomic mass is 16.5. The molecule has 0 saturated carbocycles. The number of nitrogens with one attached hydrogen (secondary N) is 1. The van der Waals surface area contributed by atoms with Crippen LogP contribution in [0, 0.1) is 10.8 Å². The van der Waals surface area contributed by atoms with Crippen molar-refractivity contribution in [2.24, 2.45) is 16.6 Å². The first kappa shape index (κ1) is 23.4. The molecular weight excluding hydrogens is 300 g/mol. The van der Waals surface area contributed by atoms with Gasteiger partial charge in [-0.3, -0.25) is 4.79 Å². The number of carbonyl (C=O) groups is 1. The summed E-state index contributed by atoms with van der Waals surface area (Å²) in [5.74, 6) is 0.0427. The summed E-state index contributed by atoms with van der Waals surface area (Å²) in [4.78, 5) is 12.7. The highest BCUT2D eigenvalue weighted by Crippen LogP contribution is 2.33. The van der Waals surface area contributed by atoms with Crippen LogP contribution in [0.15, 0.2) is 0 Å². The maximum atomic E-state index is 12.7. The number of nitrogens with two attached hydrogens (primary N) is 1. The monoisotopic (exact) mass is 342 g/mol. The van der Waals surface area contributed by atoms with E-state index in [1.165, 1.54) is 0 Å². The molecule has 0 aromatic rings. The van der Waals surface area contributed by atoms with Gasteiger partial charge in [-0.25, -0.2) is 0 Å². The van der Waals surface area contributed by atoms with E-state index in [1.54, 1.807) is 0 Å². The van der Waals surface area contributed by atoms with Gasteiger partial charge in [0.05, 0.1) is 5.60 Å². The second kappa shape index (κ2) is 7.33. The number of ether oxygens (including phenoxy) is 1. The van der Waals surface area contributed by atoms with Gasteiger partial charge in [0.2, 0.25) is 5.91 Å². The van der Waals surface area contributed by atoms with Crippen LogP contribution < -0.4 is 11.1 Å². The minimum atomic E-state index is -0.499. The molecule has 0 fully saturated rings. The number of amides is 1. The van der Waals surface area contributed by atoms with Crippen LogP contribution in [0.2, 0.25) is 0 Å². The first-order chi connectivity index (χ1) is 10.3. The first-order valence-electron chi connectivity index (χ1n) is 9.05. The van der Waals surface area contributed by atoms with E-state index in [0.29, 0.717) is 13.0 Å². The van der Waals surface area contributed by atoms with Crippen molar-refractivity contribution >= 4 is 5.91 Å². The molecule has 0 spiro atoms. The maximum absolute atomic E-state index is 12.7. The third kappa shape index (κ3) is 7.98. The van der Waals surface area contributed by atoms with Crippen molar-refractivity contribution in [3.05, 3.63) is 0 Å². The van der Waals surface area contributed by atoms with Crippen molar-refractivity contribution in [2.45, 2.75) is 106 Å². The van der Waals surface area contributed by atoms with Crippen molar-refractivity contribution in [1.29, 1.82) is 0 Å². The normalized spacial score (nSPS) is 14.7. The van der Waals surface area contributed by atoms with Crippen LogP contribution in [0.5, 0.6) is 0 Å². The summed E-state index contributed by atoms with van der Waals surface area (Å²) in [5, 5.41) is 3.17. The van der Waals surface area contributed by atoms with Crippen LogP contribution in [-0.2, 0) is 9.53 Å². The van der Waals surface area contributed by atoms with E-state index < -0.39 is 5.41 Å². The molecule has 4 heteroatoms. The molecule has 144 valence electrons. The van der Waals surface area contributed by atoms with E-state index in [-0.39, 0.29) is 28.0 Å². The molecule has 0 aromatic carbocycles. The fraction of sp³-hybridized carbons (Fsp3) is 0.950. The molecule has 0 heterocycles. The number of hydrogen-bond donors (Lipinski definition) is 2. The third-order valence-corrected chi connectivity index (χ3v) is 4.96. The quantitative estimate of drug-likeness (QED) is 0.692. The smallest absolute Gasteiger partial charge is 0.226 e. The minimum Gasteiger partial charge on any atom is -0.375 e. The third-order valence-electron chi connectivity index (χ3n) is 4.96. The zero-order chi connectivity index (χ0) is 19.6. The van der Waals surface area contributed by atoms with Crippen LogP contribution >= 0.6 is 0 Å². The Bertz CT molecular complexity index is 424. The molecule has 0 aliphatic rings. The van der Waals surface area contributed by atoms with Gasteiger partial charge in [0.15, 0.2) is 0 Å². The van der Waals surface area contributed by atoms with E-state index in [1.807, 2.05) is 41.5 Å². The van der Waals surface area contributed by atoms with E-state index in [2.05, 4.69) is 39.9 Å². The average Bonchev–Trinajstić information content (AvgIpc) is 2.22. The van der Waals surface area contributed by atoms with Crippen LogP contribution in [-0.4, -0.2) is 29.2 Å². The maximum Gasteiger partial charge on any atom is 0.226 e. The summed E-state index contributed by atoms with van der Waals surface area (Å²) in [6.45, 7) is 23.3. The SMILES string of the molecule is CC(C)(N)CC(C)(C)C(=O)NC(C)(C)CCOC(C)(C)C(C)(C)C. The lowest BCUT2D eigenvalue weighted by Crippen LogP contribution is -2.52. The molecule has 0 unspecified atom stereocenters. The number of hydrogen-bond acceptors (Lipinski definition) is 3. The van der Waals surface area contributed by atoms with Gasteiger partial charge in [-0.2, -0.15) is 0 Å². The molecule has 1 amide bonds. The standard InChI is InChI=1S/C20H42N2O2/c1-16(2,3)20(10,11)24-13-12-19(8,9)22-15(23)17(4,5)14-18(6,7)21/h12-14,21H2,1-11H3,(H,22,23). The second-order valence-corrected chi connectivity index (χ2v) is 10.7. The number of rotatable bonds is 8. The molecule has 0 aliphatic carbocycles. The van der Waals surface area contributed by atoms with Gasteiger partial charge in [0, 0.05) is 23.1 Å². The lowest BCUT2D eigenvalue weighted by atomic mass is 9.79. The molecule has 24 heavy (non-hydrogen) atoms. The van der Waals surface area contributed by atoms with Crippen molar-refractivity contribution < 1.29 is 9.53 Å². The Morgan fingerprint density at radius 3 is 1.75 bits per heavy atom. The highest BCUT2D eigenvalue weighted by molar-refractivity contribution is 5.82. The summed E-state index contributed by atoms with van der Waals surface area (Å²) in [6, 6.07) is 0. The molecule has 0 aromatic heterocycles. The fourth-order valence-corrected chi connectivity index (χ4v) is 2.54. The summed E-state index contributed by atoms with van der Waals surface area (Å²) in [5.41, 5.74) is 4.76. The van der Waals surface area contributed by atoms with E-state index in [0.717, 1.165) is 6.42 Å². The van der Waals surface area contributed by atoms with Crippen molar-refractivity contribution in [3.63, 3.8) is 0 Å². The molecule has 0 radical (unpaired) electrons. The predicted octanol–water partition coefficient (Wildman–Crippen LogP) is 4.27. The van der Waals surface area contributed by atoms with Gasteiger partial charge >= 0.3 is 0 Å². The van der Waals surface area contributed by atoms with Crippen LogP contribution in [0.25, 0.3) is 0 Å². The van der Waals surface area contributed by atoms with E-state index in [9.17, 15) is 4.79 Å². The summed E-state index contributed by atoms with van der Waals surface area (Å²) in [7, 11) is 0. The Hall–Kier alpha value is -0.610. The largest absolute Gasteiger partial charge is 0.375 e. The molecule has 0 atom stereocenters. The molecule has 0 aliphatic heterocycles. The average molecular weight is 343 g/mol. The topological polar surface area (TPSA) is 64.4 Å². The van der Waals surface area contributed by atoms with Gasteiger partial charge in [0.1, 0.15) is 0 Å². The Kier molecular flexibility index (Phi) is 7.14. The zero-order valence-electron chi connectivity index (χ0n) is 18.0. The second-order valence-electron chi connectivity index (χ2n) is 10.7. The Balaban J connectivity index is 4.68. The minimum absolute atomic E-state index is 0.0427. The van der Waals surface area contributed by atoms with E-state index in [4.69, 9.17) is 10.5 Å². The molecule has 0 bridgehead atoms. The lowest BCUT2D eigenvalue weighted by molar-refractivity contribution is -0.133. The predicted molar refractivity (Wildman–Crippen MR) is 103 cm³/mol. The van der Waals surface area contributed by atoms with Gasteiger partial charge in [-0.15, -0.1) is 0 Å². The summed E-state index contributed by atoms with van der Waals surface area (Å²) < 4.78 is 6.11. The lowest BCUT2D eigenvalue weighted by Gasteiger charge is -2.40. The van der Waals surface area contributed by atoms with Gasteiger partial charge in [-0.1, -0.05) is 34.6 Å². The van der Waals surface area contributed by atoms with Crippen LogP contribution in [0.1, 0.15) is 89.0 Å². The van der Waals surface area contributed by atoms with Crippen LogP contribution in [0.4, 0.5) is 0 Å². The zero-order valence-corrected chi connectivity index (χ0v) is 18.0. The van der Waals surface area contributed by atoms with Gasteiger partial charge < -0.3 is 15.8 Å². The van der Waals surface area contributed by atoms with Crippen LogP contribution in [0.3, 0.4) is 0 Å². The molecule has 4 nitrogen and oxygen atoms in total. The van der Waals surface area contributed by atoms with Crippen molar-refractivity contribution in [3.8, 4) is 0 Å². The molecule has 0 rings (SSSR count). The fourth-order valence-electron chi connectivity index (χ4n) is 2.54. The Morgan fingerprint density at radius 2 is 1.38 bits per heavy atom. The summed E-state index contributed by atoms with van der Waals surface area (Å²) in [6.07, 6.45) is 1.40. The van der Waals surface area contributed by atoms with Crippen molar-refractivity contribution in [1.82, 2.24) is 5.32 Å². The van der Waals surface area contributed by atoms with E-state index >= 15 is 0 Å². The van der Waals surface area contributed by atoms with Crippen molar-refractivity contribution in [2.75, 3.05) is 6.61 Å². The molecule has 3 N–H and O–H groups in total. The van der Waals surface area contributed by atoms with Gasteiger partial charge in [-0.05, 0) is 59.8 Å². The van der Waals surface area contributed by atoms with Gasteiger partial charge in [0.25, 0.3) is 0 Å². The highest BCUT2D eigenvalue weighted by Gasteiger charge is 2.37.